The first kappa shape index (κ1) is 15.0. The van der Waals surface area contributed by atoms with Gasteiger partial charge in [0.25, 0.3) is 5.69 Å². The third-order valence-corrected chi connectivity index (χ3v) is 4.87. The summed E-state index contributed by atoms with van der Waals surface area (Å²) in [6.45, 7) is 1.70. The molecule has 2 rings (SSSR count). The molecule has 0 radical (unpaired) electrons. The summed E-state index contributed by atoms with van der Waals surface area (Å²) < 4.78 is 24.8. The highest BCUT2D eigenvalue weighted by Gasteiger charge is 2.18. The molecule has 0 aliphatic rings. The first-order chi connectivity index (χ1) is 9.79. The number of aryl methyl sites for hydroxylation is 1. The van der Waals surface area contributed by atoms with E-state index in [1.54, 1.807) is 19.1 Å². The van der Waals surface area contributed by atoms with Crippen LogP contribution in [0.1, 0.15) is 11.1 Å². The number of anilines is 1. The lowest BCUT2D eigenvalue weighted by Gasteiger charge is -2.08. The van der Waals surface area contributed by atoms with E-state index >= 15 is 0 Å². The van der Waals surface area contributed by atoms with Gasteiger partial charge in [0.1, 0.15) is 0 Å². The second-order valence-corrected chi connectivity index (χ2v) is 6.67. The van der Waals surface area contributed by atoms with Crippen molar-refractivity contribution in [3.05, 3.63) is 63.7 Å². The van der Waals surface area contributed by atoms with Crippen LogP contribution in [0.5, 0.6) is 0 Å². The third-order valence-electron chi connectivity index (χ3n) is 3.05. The Morgan fingerprint density at radius 3 is 2.33 bits per heavy atom. The summed E-state index contributed by atoms with van der Waals surface area (Å²) in [6, 6.07) is 10.2. The van der Waals surface area contributed by atoms with Gasteiger partial charge in [-0.3, -0.25) is 10.1 Å². The van der Waals surface area contributed by atoms with Crippen molar-refractivity contribution in [2.45, 2.75) is 17.6 Å². The molecule has 0 saturated carbocycles. The van der Waals surface area contributed by atoms with Crippen molar-refractivity contribution in [2.24, 2.45) is 0 Å². The summed E-state index contributed by atoms with van der Waals surface area (Å²) in [5, 5.41) is 10.6. The molecule has 7 heteroatoms. The van der Waals surface area contributed by atoms with Crippen LogP contribution >= 0.6 is 0 Å². The molecule has 2 aromatic rings. The summed E-state index contributed by atoms with van der Waals surface area (Å²) in [4.78, 5) is 10.2. The van der Waals surface area contributed by atoms with E-state index in [2.05, 4.69) is 0 Å². The SMILES string of the molecule is Cc1ccc(N)cc1S(=O)(=O)Cc1ccc([N+](=O)[O-])cc1. The van der Waals surface area contributed by atoms with Gasteiger partial charge in [-0.15, -0.1) is 0 Å². The van der Waals surface area contributed by atoms with Gasteiger partial charge in [-0.1, -0.05) is 18.2 Å². The third kappa shape index (κ3) is 3.38. The Morgan fingerprint density at radius 1 is 1.14 bits per heavy atom. The predicted octanol–water partition coefficient (Wildman–Crippen LogP) is 2.46. The van der Waals surface area contributed by atoms with Crippen molar-refractivity contribution in [3.8, 4) is 0 Å². The molecule has 0 aliphatic carbocycles. The van der Waals surface area contributed by atoms with Crippen LogP contribution in [0.2, 0.25) is 0 Å². The quantitative estimate of drug-likeness (QED) is 0.531. The van der Waals surface area contributed by atoms with Gasteiger partial charge in [0, 0.05) is 17.8 Å². The highest BCUT2D eigenvalue weighted by atomic mass is 32.2. The zero-order valence-corrected chi connectivity index (χ0v) is 12.1. The van der Waals surface area contributed by atoms with Crippen LogP contribution < -0.4 is 5.73 Å². The fraction of sp³-hybridized carbons (Fsp3) is 0.143. The summed E-state index contributed by atoms with van der Waals surface area (Å²) >= 11 is 0. The number of nitrogens with zero attached hydrogens (tertiary/aromatic N) is 1. The summed E-state index contributed by atoms with van der Waals surface area (Å²) in [6.07, 6.45) is 0. The molecule has 0 saturated heterocycles. The number of rotatable bonds is 4. The highest BCUT2D eigenvalue weighted by Crippen LogP contribution is 2.23. The van der Waals surface area contributed by atoms with Crippen molar-refractivity contribution in [3.63, 3.8) is 0 Å². The molecule has 0 fully saturated rings. The van der Waals surface area contributed by atoms with E-state index < -0.39 is 14.8 Å². The maximum atomic E-state index is 12.4. The molecule has 0 amide bonds. The zero-order chi connectivity index (χ0) is 15.6. The Bertz CT molecular complexity index is 783. The topological polar surface area (TPSA) is 103 Å². The first-order valence-corrected chi connectivity index (χ1v) is 7.77. The summed E-state index contributed by atoms with van der Waals surface area (Å²) in [7, 11) is -3.55. The van der Waals surface area contributed by atoms with Crippen LogP contribution in [0.3, 0.4) is 0 Å². The van der Waals surface area contributed by atoms with Crippen LogP contribution in [0.15, 0.2) is 47.4 Å². The fourth-order valence-electron chi connectivity index (χ4n) is 1.96. The van der Waals surface area contributed by atoms with Crippen molar-refractivity contribution in [1.29, 1.82) is 0 Å². The molecular weight excluding hydrogens is 292 g/mol. The lowest BCUT2D eigenvalue weighted by Crippen LogP contribution is -2.07. The first-order valence-electron chi connectivity index (χ1n) is 6.12. The number of nitro groups is 1. The minimum Gasteiger partial charge on any atom is -0.399 e. The highest BCUT2D eigenvalue weighted by molar-refractivity contribution is 7.90. The largest absolute Gasteiger partial charge is 0.399 e. The van der Waals surface area contributed by atoms with Crippen molar-refractivity contribution >= 4 is 21.2 Å². The maximum Gasteiger partial charge on any atom is 0.269 e. The molecule has 6 nitrogen and oxygen atoms in total. The minimum absolute atomic E-state index is 0.0729. The van der Waals surface area contributed by atoms with Crippen LogP contribution in [0.4, 0.5) is 11.4 Å². The average molecular weight is 306 g/mol. The van der Waals surface area contributed by atoms with Gasteiger partial charge >= 0.3 is 0 Å². The molecule has 0 bridgehead atoms. The van der Waals surface area contributed by atoms with E-state index in [0.29, 0.717) is 16.8 Å². The average Bonchev–Trinajstić information content (AvgIpc) is 2.41. The van der Waals surface area contributed by atoms with Gasteiger partial charge in [-0.05, 0) is 30.2 Å². The number of benzene rings is 2. The fourth-order valence-corrected chi connectivity index (χ4v) is 3.62. The molecule has 110 valence electrons. The minimum atomic E-state index is -3.55. The molecule has 0 aliphatic heterocycles. The molecule has 0 spiro atoms. The van der Waals surface area contributed by atoms with E-state index in [1.165, 1.54) is 30.3 Å². The second-order valence-electron chi connectivity index (χ2n) is 4.71. The van der Waals surface area contributed by atoms with Crippen LogP contribution in [0.25, 0.3) is 0 Å². The molecule has 0 unspecified atom stereocenters. The monoisotopic (exact) mass is 306 g/mol. The van der Waals surface area contributed by atoms with Crippen LogP contribution in [0, 0.1) is 17.0 Å². The van der Waals surface area contributed by atoms with Crippen LogP contribution in [-0.2, 0) is 15.6 Å². The molecule has 0 heterocycles. The van der Waals surface area contributed by atoms with E-state index in [1.807, 2.05) is 0 Å². The molecule has 21 heavy (non-hydrogen) atoms. The number of hydrogen-bond acceptors (Lipinski definition) is 5. The van der Waals surface area contributed by atoms with Crippen molar-refractivity contribution in [1.82, 2.24) is 0 Å². The van der Waals surface area contributed by atoms with Crippen LogP contribution in [-0.4, -0.2) is 13.3 Å². The number of non-ortho nitro benzene ring substituents is 1. The molecule has 2 N–H and O–H groups in total. The lowest BCUT2D eigenvalue weighted by molar-refractivity contribution is -0.384. The van der Waals surface area contributed by atoms with Gasteiger partial charge in [0.15, 0.2) is 9.84 Å². The Morgan fingerprint density at radius 2 is 1.76 bits per heavy atom. The molecular formula is C14H14N2O4S. The van der Waals surface area contributed by atoms with Crippen molar-refractivity contribution < 1.29 is 13.3 Å². The number of nitrogen functional groups attached to an aromatic ring is 1. The Balaban J connectivity index is 2.33. The molecule has 0 aromatic heterocycles. The summed E-state index contributed by atoms with van der Waals surface area (Å²) in [5.41, 5.74) is 7.04. The number of sulfone groups is 1. The Hall–Kier alpha value is -2.41. The van der Waals surface area contributed by atoms with Gasteiger partial charge < -0.3 is 5.73 Å². The van der Waals surface area contributed by atoms with E-state index in [9.17, 15) is 18.5 Å². The Labute approximate surface area is 122 Å². The zero-order valence-electron chi connectivity index (χ0n) is 11.3. The van der Waals surface area contributed by atoms with Gasteiger partial charge in [-0.25, -0.2) is 8.42 Å². The Kier molecular flexibility index (Phi) is 3.95. The lowest BCUT2D eigenvalue weighted by atomic mass is 10.2. The smallest absolute Gasteiger partial charge is 0.269 e. The predicted molar refractivity (Wildman–Crippen MR) is 79.6 cm³/mol. The summed E-state index contributed by atoms with van der Waals surface area (Å²) in [5.74, 6) is -0.227. The van der Waals surface area contributed by atoms with E-state index in [4.69, 9.17) is 5.73 Å². The van der Waals surface area contributed by atoms with Crippen molar-refractivity contribution in [2.75, 3.05) is 5.73 Å². The normalized spacial score (nSPS) is 11.3. The van der Waals surface area contributed by atoms with Gasteiger partial charge in [0.2, 0.25) is 0 Å². The van der Waals surface area contributed by atoms with Gasteiger partial charge in [0.05, 0.1) is 15.6 Å². The van der Waals surface area contributed by atoms with Gasteiger partial charge in [-0.2, -0.15) is 0 Å². The second kappa shape index (κ2) is 5.53. The van der Waals surface area contributed by atoms with E-state index in [0.717, 1.165) is 0 Å². The van der Waals surface area contributed by atoms with E-state index in [-0.39, 0.29) is 16.3 Å². The number of nitro benzene ring substituents is 1. The number of nitrogens with two attached hydrogens (primary N) is 1. The standard InChI is InChI=1S/C14H14N2O4S/c1-10-2-5-12(15)8-14(10)21(19,20)9-11-3-6-13(7-4-11)16(17)18/h2-8H,9,15H2,1H3. The molecule has 2 aromatic carbocycles. The maximum absolute atomic E-state index is 12.4. The number of hydrogen-bond donors (Lipinski definition) is 1. The molecule has 0 atom stereocenters.